The van der Waals surface area contributed by atoms with Gasteiger partial charge in [-0.05, 0) is 49.2 Å². The molecular formula is C18H19N3O2S. The lowest BCUT2D eigenvalue weighted by Gasteiger charge is -2.09. The maximum Gasteiger partial charge on any atom is 0.261 e. The third-order valence-electron chi connectivity index (χ3n) is 3.76. The molecule has 0 saturated carbocycles. The van der Waals surface area contributed by atoms with Crippen molar-refractivity contribution < 1.29 is 8.42 Å². The molecule has 0 radical (unpaired) electrons. The van der Waals surface area contributed by atoms with Gasteiger partial charge in [0.15, 0.2) is 0 Å². The summed E-state index contributed by atoms with van der Waals surface area (Å²) in [6.45, 7) is 3.95. The number of aromatic amines is 1. The minimum atomic E-state index is -3.61. The number of nitrogens with one attached hydrogen (secondary N) is 2. The highest BCUT2D eigenvalue weighted by atomic mass is 32.2. The van der Waals surface area contributed by atoms with Crippen LogP contribution in [0, 0.1) is 6.92 Å². The number of sulfonamides is 1. The Morgan fingerprint density at radius 1 is 1.08 bits per heavy atom. The molecule has 3 aromatic rings. The van der Waals surface area contributed by atoms with E-state index in [4.69, 9.17) is 0 Å². The lowest BCUT2D eigenvalue weighted by Crippen LogP contribution is -2.12. The summed E-state index contributed by atoms with van der Waals surface area (Å²) in [6.07, 6.45) is 0.874. The SMILES string of the molecule is CCc1ccc(S(=O)(=O)Nc2cccc(-c3cc(C)[nH]n3)c2)cc1. The number of hydrogen-bond donors (Lipinski definition) is 2. The number of H-pyrrole nitrogens is 1. The van der Waals surface area contributed by atoms with Gasteiger partial charge in [-0.1, -0.05) is 31.2 Å². The zero-order chi connectivity index (χ0) is 17.2. The average Bonchev–Trinajstić information content (AvgIpc) is 3.01. The first-order valence-electron chi connectivity index (χ1n) is 7.72. The van der Waals surface area contributed by atoms with E-state index >= 15 is 0 Å². The van der Waals surface area contributed by atoms with Crippen molar-refractivity contribution in [2.24, 2.45) is 0 Å². The molecule has 3 rings (SSSR count). The van der Waals surface area contributed by atoms with Gasteiger partial charge in [-0.2, -0.15) is 5.10 Å². The van der Waals surface area contributed by atoms with Crippen LogP contribution in [0.2, 0.25) is 0 Å². The number of aromatic nitrogens is 2. The zero-order valence-electron chi connectivity index (χ0n) is 13.6. The van der Waals surface area contributed by atoms with E-state index < -0.39 is 10.0 Å². The lowest BCUT2D eigenvalue weighted by atomic mass is 10.1. The molecule has 0 amide bonds. The number of aryl methyl sites for hydroxylation is 2. The smallest absolute Gasteiger partial charge is 0.261 e. The highest BCUT2D eigenvalue weighted by molar-refractivity contribution is 7.92. The number of rotatable bonds is 5. The molecule has 1 aromatic heterocycles. The summed E-state index contributed by atoms with van der Waals surface area (Å²) in [6, 6.07) is 16.0. The van der Waals surface area contributed by atoms with Gasteiger partial charge in [0.25, 0.3) is 10.0 Å². The Morgan fingerprint density at radius 3 is 2.46 bits per heavy atom. The van der Waals surface area contributed by atoms with Gasteiger partial charge in [0.1, 0.15) is 0 Å². The maximum atomic E-state index is 12.5. The quantitative estimate of drug-likeness (QED) is 0.742. The Labute approximate surface area is 141 Å². The molecule has 0 spiro atoms. The second-order valence-corrected chi connectivity index (χ2v) is 7.30. The fourth-order valence-corrected chi connectivity index (χ4v) is 3.48. The highest BCUT2D eigenvalue weighted by Crippen LogP contribution is 2.23. The molecule has 0 aliphatic heterocycles. The molecule has 24 heavy (non-hydrogen) atoms. The molecular weight excluding hydrogens is 322 g/mol. The summed E-state index contributed by atoms with van der Waals surface area (Å²) in [5.41, 5.74) is 4.19. The lowest BCUT2D eigenvalue weighted by molar-refractivity contribution is 0.601. The van der Waals surface area contributed by atoms with Crippen LogP contribution >= 0.6 is 0 Å². The van der Waals surface area contributed by atoms with Crippen molar-refractivity contribution in [2.75, 3.05) is 4.72 Å². The minimum Gasteiger partial charge on any atom is -0.282 e. The van der Waals surface area contributed by atoms with Gasteiger partial charge < -0.3 is 0 Å². The molecule has 0 saturated heterocycles. The normalized spacial score (nSPS) is 11.4. The minimum absolute atomic E-state index is 0.251. The zero-order valence-corrected chi connectivity index (χ0v) is 14.4. The van der Waals surface area contributed by atoms with E-state index in [2.05, 4.69) is 14.9 Å². The Kier molecular flexibility index (Phi) is 4.40. The topological polar surface area (TPSA) is 74.8 Å². The van der Waals surface area contributed by atoms with Gasteiger partial charge >= 0.3 is 0 Å². The van der Waals surface area contributed by atoms with E-state index in [1.165, 1.54) is 0 Å². The van der Waals surface area contributed by atoms with E-state index in [1.807, 2.05) is 38.1 Å². The van der Waals surface area contributed by atoms with Crippen LogP contribution in [0.1, 0.15) is 18.2 Å². The Balaban J connectivity index is 1.87. The molecule has 124 valence electrons. The first-order chi connectivity index (χ1) is 11.5. The molecule has 0 aliphatic carbocycles. The van der Waals surface area contributed by atoms with Gasteiger partial charge in [-0.15, -0.1) is 0 Å². The van der Waals surface area contributed by atoms with Crippen LogP contribution in [0.25, 0.3) is 11.3 Å². The van der Waals surface area contributed by atoms with Crippen LogP contribution in [-0.2, 0) is 16.4 Å². The average molecular weight is 341 g/mol. The Hall–Kier alpha value is -2.60. The molecule has 6 heteroatoms. The third kappa shape index (κ3) is 3.49. The second-order valence-electron chi connectivity index (χ2n) is 5.62. The molecule has 0 unspecified atom stereocenters. The van der Waals surface area contributed by atoms with Crippen LogP contribution in [0.4, 0.5) is 5.69 Å². The van der Waals surface area contributed by atoms with E-state index in [-0.39, 0.29) is 4.90 Å². The van der Waals surface area contributed by atoms with Gasteiger partial charge in [-0.25, -0.2) is 8.42 Å². The third-order valence-corrected chi connectivity index (χ3v) is 5.16. The Bertz CT molecular complexity index is 944. The summed E-state index contributed by atoms with van der Waals surface area (Å²) in [5.74, 6) is 0. The fraction of sp³-hybridized carbons (Fsp3) is 0.167. The highest BCUT2D eigenvalue weighted by Gasteiger charge is 2.14. The summed E-state index contributed by atoms with van der Waals surface area (Å²) in [7, 11) is -3.61. The van der Waals surface area contributed by atoms with E-state index in [9.17, 15) is 8.42 Å². The van der Waals surface area contributed by atoms with Crippen molar-refractivity contribution in [2.45, 2.75) is 25.2 Å². The summed E-state index contributed by atoms with van der Waals surface area (Å²) in [5, 5.41) is 7.08. The largest absolute Gasteiger partial charge is 0.282 e. The van der Waals surface area contributed by atoms with E-state index in [0.29, 0.717) is 5.69 Å². The van der Waals surface area contributed by atoms with Crippen LogP contribution in [-0.4, -0.2) is 18.6 Å². The molecule has 1 heterocycles. The summed E-state index contributed by atoms with van der Waals surface area (Å²) < 4.78 is 27.7. The van der Waals surface area contributed by atoms with Crippen molar-refractivity contribution in [3.8, 4) is 11.3 Å². The van der Waals surface area contributed by atoms with E-state index in [1.54, 1.807) is 30.3 Å². The first-order valence-corrected chi connectivity index (χ1v) is 9.20. The predicted octanol–water partition coefficient (Wildman–Crippen LogP) is 3.75. The van der Waals surface area contributed by atoms with Crippen molar-refractivity contribution in [3.63, 3.8) is 0 Å². The van der Waals surface area contributed by atoms with Crippen LogP contribution < -0.4 is 4.72 Å². The Morgan fingerprint density at radius 2 is 1.83 bits per heavy atom. The van der Waals surface area contributed by atoms with Gasteiger partial charge in [0, 0.05) is 16.9 Å². The van der Waals surface area contributed by atoms with Crippen molar-refractivity contribution in [1.29, 1.82) is 0 Å². The molecule has 5 nitrogen and oxygen atoms in total. The number of hydrogen-bond acceptors (Lipinski definition) is 3. The van der Waals surface area contributed by atoms with Gasteiger partial charge in [-0.3, -0.25) is 9.82 Å². The number of nitrogens with zero attached hydrogens (tertiary/aromatic N) is 1. The number of benzene rings is 2. The maximum absolute atomic E-state index is 12.5. The molecule has 0 aliphatic rings. The second kappa shape index (κ2) is 6.49. The van der Waals surface area contributed by atoms with Crippen LogP contribution in [0.15, 0.2) is 59.5 Å². The van der Waals surface area contributed by atoms with Crippen LogP contribution in [0.5, 0.6) is 0 Å². The number of anilines is 1. The van der Waals surface area contributed by atoms with Gasteiger partial charge in [0.2, 0.25) is 0 Å². The van der Waals surface area contributed by atoms with Crippen molar-refractivity contribution in [3.05, 3.63) is 65.9 Å². The molecule has 0 fully saturated rings. The molecule has 0 atom stereocenters. The molecule has 2 N–H and O–H groups in total. The van der Waals surface area contributed by atoms with Crippen molar-refractivity contribution in [1.82, 2.24) is 10.2 Å². The van der Waals surface area contributed by atoms with E-state index in [0.717, 1.165) is 28.9 Å². The standard InChI is InChI=1S/C18H19N3O2S/c1-3-14-7-9-17(10-8-14)24(22,23)21-16-6-4-5-15(12-16)18-11-13(2)19-20-18/h4-12,21H,3H2,1-2H3,(H,19,20). The fourth-order valence-electron chi connectivity index (χ4n) is 2.43. The summed E-state index contributed by atoms with van der Waals surface area (Å²) >= 11 is 0. The first kappa shape index (κ1) is 16.3. The molecule has 2 aromatic carbocycles. The van der Waals surface area contributed by atoms with Gasteiger partial charge in [0.05, 0.1) is 10.6 Å². The summed E-state index contributed by atoms with van der Waals surface area (Å²) in [4.78, 5) is 0.251. The van der Waals surface area contributed by atoms with Crippen LogP contribution in [0.3, 0.4) is 0 Å². The van der Waals surface area contributed by atoms with Crippen molar-refractivity contribution >= 4 is 15.7 Å². The monoisotopic (exact) mass is 341 g/mol. The molecule has 0 bridgehead atoms. The predicted molar refractivity (Wildman–Crippen MR) is 95.4 cm³/mol.